The zero-order valence-corrected chi connectivity index (χ0v) is 8.24. The van der Waals surface area contributed by atoms with Crippen LogP contribution in [0.4, 0.5) is 0 Å². The first-order valence-electron chi connectivity index (χ1n) is 5.47. The monoisotopic (exact) mass is 196 g/mol. The number of amides is 1. The molecule has 3 heterocycles. The van der Waals surface area contributed by atoms with Crippen LogP contribution in [0, 0.1) is 5.92 Å². The molecule has 4 nitrogen and oxygen atoms in total. The quantitative estimate of drug-likeness (QED) is 0.620. The van der Waals surface area contributed by atoms with Crippen molar-refractivity contribution in [1.29, 1.82) is 0 Å². The number of fused-ring (bicyclic) bond motifs is 2. The van der Waals surface area contributed by atoms with Gasteiger partial charge in [0.25, 0.3) is 0 Å². The van der Waals surface area contributed by atoms with Gasteiger partial charge in [-0.1, -0.05) is 0 Å². The summed E-state index contributed by atoms with van der Waals surface area (Å²) in [7, 11) is 0. The van der Waals surface area contributed by atoms with Gasteiger partial charge in [0.15, 0.2) is 0 Å². The number of nitrogens with zero attached hydrogens (tertiary/aromatic N) is 1. The smallest absolute Gasteiger partial charge is 0.227 e. The van der Waals surface area contributed by atoms with Crippen molar-refractivity contribution in [1.82, 2.24) is 10.2 Å². The van der Waals surface area contributed by atoms with E-state index >= 15 is 0 Å². The van der Waals surface area contributed by atoms with Crippen molar-refractivity contribution in [2.24, 2.45) is 5.92 Å². The molecule has 0 unspecified atom stereocenters. The molecule has 0 saturated carbocycles. The molecule has 3 rings (SSSR count). The van der Waals surface area contributed by atoms with Gasteiger partial charge in [0.1, 0.15) is 0 Å². The van der Waals surface area contributed by atoms with E-state index in [0.717, 1.165) is 39.1 Å². The largest absolute Gasteiger partial charge is 0.374 e. The fraction of sp³-hybridized carbons (Fsp3) is 0.900. The summed E-state index contributed by atoms with van der Waals surface area (Å²) in [6.07, 6.45) is 2.40. The molecule has 2 bridgehead atoms. The summed E-state index contributed by atoms with van der Waals surface area (Å²) in [4.78, 5) is 14.1. The van der Waals surface area contributed by atoms with Gasteiger partial charge in [-0.15, -0.1) is 0 Å². The standard InChI is InChI=1S/C10H16N2O2/c13-10(7-1-2-11-4-7)12-5-9-3-8(12)6-14-9/h7-9,11H,1-6H2/t7-,8-,9+/m0/s1. The Hall–Kier alpha value is -0.610. The maximum absolute atomic E-state index is 12.1. The molecule has 14 heavy (non-hydrogen) atoms. The van der Waals surface area contributed by atoms with Crippen molar-refractivity contribution >= 4 is 5.91 Å². The summed E-state index contributed by atoms with van der Waals surface area (Å²) in [6, 6.07) is 0.382. The second-order valence-electron chi connectivity index (χ2n) is 4.53. The van der Waals surface area contributed by atoms with E-state index < -0.39 is 0 Å². The van der Waals surface area contributed by atoms with Crippen molar-refractivity contribution in [2.45, 2.75) is 25.0 Å². The van der Waals surface area contributed by atoms with Gasteiger partial charge in [-0.3, -0.25) is 4.79 Å². The van der Waals surface area contributed by atoms with E-state index in [4.69, 9.17) is 4.74 Å². The molecule has 4 heteroatoms. The van der Waals surface area contributed by atoms with Crippen LogP contribution in [0.15, 0.2) is 0 Å². The minimum Gasteiger partial charge on any atom is -0.374 e. The third-order valence-corrected chi connectivity index (χ3v) is 3.59. The summed E-state index contributed by atoms with van der Waals surface area (Å²) in [5, 5.41) is 3.24. The first-order chi connectivity index (χ1) is 6.84. The number of likely N-dealkylation sites (tertiary alicyclic amines) is 1. The number of hydrogen-bond acceptors (Lipinski definition) is 3. The van der Waals surface area contributed by atoms with E-state index in [0.29, 0.717) is 18.1 Å². The van der Waals surface area contributed by atoms with Crippen LogP contribution in [-0.2, 0) is 9.53 Å². The first-order valence-corrected chi connectivity index (χ1v) is 5.47. The van der Waals surface area contributed by atoms with Gasteiger partial charge in [-0.05, 0) is 19.4 Å². The molecular weight excluding hydrogens is 180 g/mol. The van der Waals surface area contributed by atoms with Crippen LogP contribution in [0.2, 0.25) is 0 Å². The first kappa shape index (κ1) is 8.68. The van der Waals surface area contributed by atoms with Crippen LogP contribution < -0.4 is 5.32 Å². The molecule has 3 aliphatic heterocycles. The molecule has 78 valence electrons. The lowest BCUT2D eigenvalue weighted by Crippen LogP contribution is -2.44. The van der Waals surface area contributed by atoms with Gasteiger partial charge in [0, 0.05) is 13.1 Å². The lowest BCUT2D eigenvalue weighted by Gasteiger charge is -2.29. The molecule has 1 amide bonds. The van der Waals surface area contributed by atoms with Crippen molar-refractivity contribution in [3.63, 3.8) is 0 Å². The Labute approximate surface area is 83.6 Å². The topological polar surface area (TPSA) is 41.6 Å². The number of nitrogens with one attached hydrogen (secondary N) is 1. The Morgan fingerprint density at radius 1 is 1.50 bits per heavy atom. The van der Waals surface area contributed by atoms with Gasteiger partial charge in [0.2, 0.25) is 5.91 Å². The molecule has 0 spiro atoms. The second kappa shape index (κ2) is 3.21. The molecule has 3 saturated heterocycles. The Kier molecular flexibility index (Phi) is 1.99. The van der Waals surface area contributed by atoms with Crippen LogP contribution in [0.5, 0.6) is 0 Å². The maximum atomic E-state index is 12.1. The van der Waals surface area contributed by atoms with E-state index in [2.05, 4.69) is 5.32 Å². The average molecular weight is 196 g/mol. The Morgan fingerprint density at radius 3 is 3.00 bits per heavy atom. The summed E-state index contributed by atoms with van der Waals surface area (Å²) in [5.41, 5.74) is 0. The molecule has 1 N–H and O–H groups in total. The fourth-order valence-electron chi connectivity index (χ4n) is 2.77. The van der Waals surface area contributed by atoms with Crippen LogP contribution in [0.25, 0.3) is 0 Å². The molecule has 0 aliphatic carbocycles. The Morgan fingerprint density at radius 2 is 2.43 bits per heavy atom. The van der Waals surface area contributed by atoms with E-state index in [9.17, 15) is 4.79 Å². The number of hydrogen-bond donors (Lipinski definition) is 1. The van der Waals surface area contributed by atoms with Crippen molar-refractivity contribution in [2.75, 3.05) is 26.2 Å². The molecule has 0 radical (unpaired) electrons. The van der Waals surface area contributed by atoms with Crippen molar-refractivity contribution in [3.05, 3.63) is 0 Å². The number of ether oxygens (including phenoxy) is 1. The summed E-state index contributed by atoms with van der Waals surface area (Å²) in [6.45, 7) is 3.46. The molecule has 3 aliphatic rings. The van der Waals surface area contributed by atoms with Gasteiger partial charge in [-0.25, -0.2) is 0 Å². The predicted octanol–water partition coefficient (Wildman–Crippen LogP) is -0.404. The predicted molar refractivity (Wildman–Crippen MR) is 50.8 cm³/mol. The third-order valence-electron chi connectivity index (χ3n) is 3.59. The average Bonchev–Trinajstić information content (AvgIpc) is 2.93. The third kappa shape index (κ3) is 1.25. The zero-order valence-electron chi connectivity index (χ0n) is 8.24. The van der Waals surface area contributed by atoms with E-state index in [1.54, 1.807) is 0 Å². The summed E-state index contributed by atoms with van der Waals surface area (Å²) < 4.78 is 5.49. The fourth-order valence-corrected chi connectivity index (χ4v) is 2.77. The molecular formula is C10H16N2O2. The Balaban J connectivity index is 1.67. The van der Waals surface area contributed by atoms with E-state index in [-0.39, 0.29) is 5.92 Å². The molecule has 3 fully saturated rings. The van der Waals surface area contributed by atoms with Crippen molar-refractivity contribution < 1.29 is 9.53 Å². The summed E-state index contributed by atoms with van der Waals surface area (Å²) in [5.74, 6) is 0.583. The second-order valence-corrected chi connectivity index (χ2v) is 4.53. The van der Waals surface area contributed by atoms with Gasteiger partial charge >= 0.3 is 0 Å². The van der Waals surface area contributed by atoms with E-state index in [1.165, 1.54) is 0 Å². The van der Waals surface area contributed by atoms with Gasteiger partial charge in [0.05, 0.1) is 24.7 Å². The SMILES string of the molecule is O=C([C@H]1CCNC1)N1C[C@H]2C[C@H]1CO2. The highest BCUT2D eigenvalue weighted by Crippen LogP contribution is 2.29. The lowest BCUT2D eigenvalue weighted by atomic mass is 10.1. The van der Waals surface area contributed by atoms with Gasteiger partial charge < -0.3 is 15.0 Å². The number of carbonyl (C=O) groups excluding carboxylic acids is 1. The van der Waals surface area contributed by atoms with Crippen LogP contribution in [0.1, 0.15) is 12.8 Å². The van der Waals surface area contributed by atoms with Crippen LogP contribution in [0.3, 0.4) is 0 Å². The minimum atomic E-state index is 0.231. The summed E-state index contributed by atoms with van der Waals surface area (Å²) >= 11 is 0. The normalized spacial score (nSPS) is 40.9. The van der Waals surface area contributed by atoms with Crippen LogP contribution in [-0.4, -0.2) is 49.2 Å². The maximum Gasteiger partial charge on any atom is 0.227 e. The highest BCUT2D eigenvalue weighted by molar-refractivity contribution is 5.80. The number of morpholine rings is 1. The highest BCUT2D eigenvalue weighted by Gasteiger charge is 2.43. The Bertz CT molecular complexity index is 251. The highest BCUT2D eigenvalue weighted by atomic mass is 16.5. The number of rotatable bonds is 1. The zero-order chi connectivity index (χ0) is 9.54. The molecule has 3 atom stereocenters. The van der Waals surface area contributed by atoms with Crippen LogP contribution >= 0.6 is 0 Å². The van der Waals surface area contributed by atoms with E-state index in [1.807, 2.05) is 4.90 Å². The molecule has 0 aromatic carbocycles. The lowest BCUT2D eigenvalue weighted by molar-refractivity contribution is -0.139. The minimum absolute atomic E-state index is 0.231. The number of carbonyl (C=O) groups is 1. The molecule has 0 aromatic heterocycles. The van der Waals surface area contributed by atoms with Gasteiger partial charge in [-0.2, -0.15) is 0 Å². The molecule has 0 aromatic rings. The van der Waals surface area contributed by atoms with Crippen molar-refractivity contribution in [3.8, 4) is 0 Å².